The number of hydrogen-bond acceptors (Lipinski definition) is 4. The van der Waals surface area contributed by atoms with Crippen molar-refractivity contribution in [2.75, 3.05) is 19.8 Å². The molecular formula is C13H12F3N3O3. The third kappa shape index (κ3) is 4.04. The first-order chi connectivity index (χ1) is 10.4. The highest BCUT2D eigenvalue weighted by Gasteiger charge is 2.27. The fourth-order valence-electron chi connectivity index (χ4n) is 1.80. The predicted octanol–water partition coefficient (Wildman–Crippen LogP) is 1.23. The molecule has 9 heteroatoms. The van der Waals surface area contributed by atoms with Gasteiger partial charge in [0.2, 0.25) is 0 Å². The van der Waals surface area contributed by atoms with Crippen LogP contribution in [-0.2, 0) is 4.74 Å². The van der Waals surface area contributed by atoms with Crippen molar-refractivity contribution in [2.24, 2.45) is 0 Å². The van der Waals surface area contributed by atoms with Crippen LogP contribution in [0.25, 0.3) is 10.8 Å². The minimum Gasteiger partial charge on any atom is -0.370 e. The molecule has 0 fully saturated rings. The summed E-state index contributed by atoms with van der Waals surface area (Å²) in [6.45, 7) is -1.76. The zero-order valence-corrected chi connectivity index (χ0v) is 11.2. The van der Waals surface area contributed by atoms with Crippen molar-refractivity contribution in [2.45, 2.75) is 6.18 Å². The molecule has 0 unspecified atom stereocenters. The molecule has 0 aliphatic rings. The summed E-state index contributed by atoms with van der Waals surface area (Å²) in [6.07, 6.45) is -4.40. The van der Waals surface area contributed by atoms with E-state index in [0.717, 1.165) is 0 Å². The number of benzene rings is 1. The van der Waals surface area contributed by atoms with Crippen LogP contribution in [0.15, 0.2) is 29.1 Å². The molecule has 1 aromatic carbocycles. The first-order valence-electron chi connectivity index (χ1n) is 6.28. The Kier molecular flexibility index (Phi) is 4.76. The third-order valence-electron chi connectivity index (χ3n) is 2.71. The summed E-state index contributed by atoms with van der Waals surface area (Å²) >= 11 is 0. The summed E-state index contributed by atoms with van der Waals surface area (Å²) in [4.78, 5) is 23.5. The van der Waals surface area contributed by atoms with Crippen LogP contribution in [0, 0.1) is 0 Å². The molecule has 1 aromatic heterocycles. The van der Waals surface area contributed by atoms with Crippen LogP contribution in [0.1, 0.15) is 10.5 Å². The number of nitrogens with one attached hydrogen (secondary N) is 2. The van der Waals surface area contributed by atoms with Crippen LogP contribution in [0.3, 0.4) is 0 Å². The molecule has 0 saturated carbocycles. The topological polar surface area (TPSA) is 84.1 Å². The lowest BCUT2D eigenvalue weighted by molar-refractivity contribution is -0.173. The average Bonchev–Trinajstić information content (AvgIpc) is 2.46. The second-order valence-electron chi connectivity index (χ2n) is 4.37. The number of hydrogen-bond donors (Lipinski definition) is 2. The van der Waals surface area contributed by atoms with Gasteiger partial charge in [-0.3, -0.25) is 9.59 Å². The molecule has 1 heterocycles. The van der Waals surface area contributed by atoms with E-state index in [-0.39, 0.29) is 18.8 Å². The number of fused-ring (bicyclic) bond motifs is 1. The van der Waals surface area contributed by atoms with Gasteiger partial charge in [-0.1, -0.05) is 18.2 Å². The van der Waals surface area contributed by atoms with Crippen LogP contribution < -0.4 is 10.9 Å². The number of halogens is 3. The van der Waals surface area contributed by atoms with E-state index in [1.54, 1.807) is 24.3 Å². The van der Waals surface area contributed by atoms with Gasteiger partial charge >= 0.3 is 6.18 Å². The lowest BCUT2D eigenvalue weighted by Gasteiger charge is -2.09. The summed E-state index contributed by atoms with van der Waals surface area (Å²) < 4.78 is 40.0. The molecule has 0 saturated heterocycles. The van der Waals surface area contributed by atoms with E-state index >= 15 is 0 Å². The van der Waals surface area contributed by atoms with Crippen LogP contribution in [0.5, 0.6) is 0 Å². The fourth-order valence-corrected chi connectivity index (χ4v) is 1.80. The Bertz CT molecular complexity index is 728. The van der Waals surface area contributed by atoms with E-state index in [1.165, 1.54) is 0 Å². The molecule has 0 atom stereocenters. The van der Waals surface area contributed by atoms with Gasteiger partial charge in [-0.2, -0.15) is 18.3 Å². The van der Waals surface area contributed by atoms with Crippen molar-refractivity contribution < 1.29 is 22.7 Å². The van der Waals surface area contributed by atoms with Gasteiger partial charge in [0.05, 0.1) is 12.0 Å². The molecule has 0 radical (unpaired) electrons. The lowest BCUT2D eigenvalue weighted by Crippen LogP contribution is -2.30. The van der Waals surface area contributed by atoms with Gasteiger partial charge in [-0.15, -0.1) is 0 Å². The number of aromatic amines is 1. The molecule has 118 valence electrons. The van der Waals surface area contributed by atoms with Gasteiger partial charge in [0.25, 0.3) is 11.5 Å². The van der Waals surface area contributed by atoms with Crippen molar-refractivity contribution in [3.8, 4) is 0 Å². The van der Waals surface area contributed by atoms with E-state index in [1.807, 2.05) is 0 Å². The van der Waals surface area contributed by atoms with Crippen molar-refractivity contribution in [1.82, 2.24) is 15.5 Å². The van der Waals surface area contributed by atoms with Crippen molar-refractivity contribution in [3.05, 3.63) is 40.3 Å². The predicted molar refractivity (Wildman–Crippen MR) is 71.6 cm³/mol. The van der Waals surface area contributed by atoms with Crippen molar-refractivity contribution >= 4 is 16.7 Å². The van der Waals surface area contributed by atoms with Crippen LogP contribution >= 0.6 is 0 Å². The number of amides is 1. The summed E-state index contributed by atoms with van der Waals surface area (Å²) in [5.74, 6) is -0.608. The maximum Gasteiger partial charge on any atom is 0.411 e. The Hall–Kier alpha value is -2.42. The van der Waals surface area contributed by atoms with Crippen molar-refractivity contribution in [1.29, 1.82) is 0 Å². The Morgan fingerprint density at radius 1 is 1.27 bits per heavy atom. The normalized spacial score (nSPS) is 11.6. The number of nitrogens with zero attached hydrogens (tertiary/aromatic N) is 1. The Balaban J connectivity index is 1.99. The van der Waals surface area contributed by atoms with E-state index < -0.39 is 24.2 Å². The molecular weight excluding hydrogens is 303 g/mol. The van der Waals surface area contributed by atoms with Crippen LogP contribution in [0.4, 0.5) is 13.2 Å². The molecule has 1 amide bonds. The standard InChI is InChI=1S/C13H12F3N3O3/c14-13(15,16)7-22-6-5-17-12(21)10-8-3-1-2-4-9(8)11(20)19-18-10/h1-4H,5-7H2,(H,17,21)(H,19,20). The van der Waals surface area contributed by atoms with Gasteiger partial charge in [-0.05, 0) is 6.07 Å². The molecule has 0 spiro atoms. The number of carbonyl (C=O) groups excluding carboxylic acids is 1. The molecule has 2 N–H and O–H groups in total. The van der Waals surface area contributed by atoms with Crippen molar-refractivity contribution in [3.63, 3.8) is 0 Å². The van der Waals surface area contributed by atoms with Gasteiger partial charge in [-0.25, -0.2) is 5.10 Å². The minimum absolute atomic E-state index is 0.00831. The first kappa shape index (κ1) is 16.0. The SMILES string of the molecule is O=C(NCCOCC(F)(F)F)c1n[nH]c(=O)c2ccccc12. The van der Waals surface area contributed by atoms with Crippen LogP contribution in [-0.4, -0.2) is 42.0 Å². The number of alkyl halides is 3. The van der Waals surface area contributed by atoms with Gasteiger partial charge < -0.3 is 10.1 Å². The highest BCUT2D eigenvalue weighted by Crippen LogP contribution is 2.14. The quantitative estimate of drug-likeness (QED) is 0.813. The Labute approximate surface area is 122 Å². The Morgan fingerprint density at radius 3 is 2.64 bits per heavy atom. The summed E-state index contributed by atoms with van der Waals surface area (Å²) in [7, 11) is 0. The van der Waals surface area contributed by atoms with E-state index in [9.17, 15) is 22.8 Å². The molecule has 0 bridgehead atoms. The zero-order valence-electron chi connectivity index (χ0n) is 11.2. The number of rotatable bonds is 5. The van der Waals surface area contributed by atoms with Gasteiger partial charge in [0.1, 0.15) is 6.61 Å². The fraction of sp³-hybridized carbons (Fsp3) is 0.308. The number of ether oxygens (including phenoxy) is 1. The van der Waals surface area contributed by atoms with E-state index in [4.69, 9.17) is 0 Å². The number of carbonyl (C=O) groups is 1. The molecule has 6 nitrogen and oxygen atoms in total. The van der Waals surface area contributed by atoms with Crippen LogP contribution in [0.2, 0.25) is 0 Å². The Morgan fingerprint density at radius 2 is 1.95 bits per heavy atom. The lowest BCUT2D eigenvalue weighted by atomic mass is 10.1. The third-order valence-corrected chi connectivity index (χ3v) is 2.71. The maximum absolute atomic E-state index is 12.0. The molecule has 0 aliphatic carbocycles. The highest BCUT2D eigenvalue weighted by atomic mass is 19.4. The molecule has 2 aromatic rings. The van der Waals surface area contributed by atoms with E-state index in [0.29, 0.717) is 10.8 Å². The second kappa shape index (κ2) is 6.56. The maximum atomic E-state index is 12.0. The number of H-pyrrole nitrogens is 1. The minimum atomic E-state index is -4.40. The highest BCUT2D eigenvalue weighted by molar-refractivity contribution is 6.04. The monoisotopic (exact) mass is 315 g/mol. The summed E-state index contributed by atoms with van der Waals surface area (Å²) in [6, 6.07) is 6.39. The largest absolute Gasteiger partial charge is 0.411 e. The second-order valence-corrected chi connectivity index (χ2v) is 4.37. The first-order valence-corrected chi connectivity index (χ1v) is 6.28. The zero-order chi connectivity index (χ0) is 16.2. The van der Waals surface area contributed by atoms with E-state index in [2.05, 4.69) is 20.3 Å². The molecule has 22 heavy (non-hydrogen) atoms. The smallest absolute Gasteiger partial charge is 0.370 e. The number of aromatic nitrogens is 2. The van der Waals surface area contributed by atoms with Gasteiger partial charge in [0.15, 0.2) is 5.69 Å². The molecule has 2 rings (SSSR count). The molecule has 0 aliphatic heterocycles. The summed E-state index contributed by atoms with van der Waals surface area (Å²) in [5, 5.41) is 8.92. The average molecular weight is 315 g/mol. The summed E-state index contributed by atoms with van der Waals surface area (Å²) in [5.41, 5.74) is -0.438. The van der Waals surface area contributed by atoms with Gasteiger partial charge in [0, 0.05) is 11.9 Å².